The minimum atomic E-state index is -1.10. The Morgan fingerprint density at radius 1 is 1.12 bits per heavy atom. The number of fused-ring (bicyclic) bond motifs is 1. The van der Waals surface area contributed by atoms with Crippen molar-refractivity contribution in [3.8, 4) is 11.1 Å². The van der Waals surface area contributed by atoms with Gasteiger partial charge in [-0.05, 0) is 29.3 Å². The lowest BCUT2D eigenvalue weighted by molar-refractivity contribution is -0.384. The molecular weight excluding hydrogens is 338 g/mol. The van der Waals surface area contributed by atoms with Crippen LogP contribution in [0.5, 0.6) is 0 Å². The van der Waals surface area contributed by atoms with Crippen molar-refractivity contribution in [2.45, 2.75) is 6.54 Å². The second kappa shape index (κ2) is 7.06. The van der Waals surface area contributed by atoms with Crippen molar-refractivity contribution in [1.82, 2.24) is 9.88 Å². The highest BCUT2D eigenvalue weighted by Crippen LogP contribution is 2.27. The first-order valence-corrected chi connectivity index (χ1v) is 7.76. The van der Waals surface area contributed by atoms with E-state index < -0.39 is 23.3 Å². The topological polar surface area (TPSA) is 114 Å². The molecule has 0 spiro atoms. The summed E-state index contributed by atoms with van der Waals surface area (Å²) in [7, 11) is 0. The number of hydrogen-bond acceptors (Lipinski definition) is 4. The van der Waals surface area contributed by atoms with E-state index in [0.717, 1.165) is 22.0 Å². The molecule has 0 unspecified atom stereocenters. The quantitative estimate of drug-likeness (QED) is 0.522. The number of nitrogens with one attached hydrogen (secondary N) is 1. The predicted molar refractivity (Wildman–Crippen MR) is 94.7 cm³/mol. The molecule has 0 aliphatic carbocycles. The third-order valence-corrected chi connectivity index (χ3v) is 3.91. The van der Waals surface area contributed by atoms with Crippen LogP contribution in [0.3, 0.4) is 0 Å². The van der Waals surface area contributed by atoms with Gasteiger partial charge in [0.2, 0.25) is 5.91 Å². The molecule has 0 fully saturated rings. The molecule has 0 saturated heterocycles. The smallest absolute Gasteiger partial charge is 0.322 e. The van der Waals surface area contributed by atoms with Gasteiger partial charge < -0.3 is 15.0 Å². The Labute approximate surface area is 147 Å². The zero-order valence-corrected chi connectivity index (χ0v) is 13.6. The maximum absolute atomic E-state index is 11.8. The minimum Gasteiger partial charge on any atom is -0.480 e. The van der Waals surface area contributed by atoms with Crippen LogP contribution in [0.15, 0.2) is 54.7 Å². The molecule has 8 heteroatoms. The molecular formula is C18H15N3O5. The summed E-state index contributed by atoms with van der Waals surface area (Å²) < 4.78 is 1.71. The van der Waals surface area contributed by atoms with E-state index >= 15 is 0 Å². The van der Waals surface area contributed by atoms with Crippen LogP contribution in [-0.2, 0) is 16.1 Å². The lowest BCUT2D eigenvalue weighted by Crippen LogP contribution is -2.31. The average Bonchev–Trinajstić information content (AvgIpc) is 3.02. The van der Waals surface area contributed by atoms with Gasteiger partial charge in [-0.1, -0.05) is 18.2 Å². The molecule has 3 aromatic rings. The Balaban J connectivity index is 1.85. The zero-order valence-electron chi connectivity index (χ0n) is 13.6. The van der Waals surface area contributed by atoms with Gasteiger partial charge in [0.25, 0.3) is 5.69 Å². The molecule has 2 aromatic carbocycles. The number of carboxylic acids is 1. The summed E-state index contributed by atoms with van der Waals surface area (Å²) in [5.41, 5.74) is 2.39. The normalized spacial score (nSPS) is 10.6. The highest BCUT2D eigenvalue weighted by molar-refractivity contribution is 5.88. The minimum absolute atomic E-state index is 0.00688. The number of benzene rings is 2. The Morgan fingerprint density at radius 3 is 2.62 bits per heavy atom. The average molecular weight is 353 g/mol. The number of rotatable bonds is 6. The molecule has 3 rings (SSSR count). The van der Waals surface area contributed by atoms with Gasteiger partial charge in [-0.25, -0.2) is 0 Å². The van der Waals surface area contributed by atoms with Gasteiger partial charge in [-0.15, -0.1) is 0 Å². The number of carbonyl (C=O) groups is 2. The van der Waals surface area contributed by atoms with Gasteiger partial charge >= 0.3 is 5.97 Å². The first-order chi connectivity index (χ1) is 12.4. The molecule has 0 bridgehead atoms. The maximum Gasteiger partial charge on any atom is 0.322 e. The van der Waals surface area contributed by atoms with Gasteiger partial charge in [-0.2, -0.15) is 0 Å². The number of amides is 1. The first-order valence-electron chi connectivity index (χ1n) is 7.76. The van der Waals surface area contributed by atoms with Crippen molar-refractivity contribution >= 4 is 28.5 Å². The summed E-state index contributed by atoms with van der Waals surface area (Å²) >= 11 is 0. The Hall–Kier alpha value is -3.68. The molecule has 26 heavy (non-hydrogen) atoms. The second-order valence-corrected chi connectivity index (χ2v) is 5.70. The summed E-state index contributed by atoms with van der Waals surface area (Å²) in [6.45, 7) is -0.415. The molecule has 132 valence electrons. The first kappa shape index (κ1) is 17.2. The van der Waals surface area contributed by atoms with Crippen molar-refractivity contribution in [2.24, 2.45) is 0 Å². The van der Waals surface area contributed by atoms with E-state index in [0.29, 0.717) is 0 Å². The molecule has 0 atom stereocenters. The van der Waals surface area contributed by atoms with Crippen molar-refractivity contribution in [3.05, 3.63) is 64.8 Å². The van der Waals surface area contributed by atoms with E-state index in [2.05, 4.69) is 5.32 Å². The van der Waals surface area contributed by atoms with Crippen molar-refractivity contribution in [3.63, 3.8) is 0 Å². The summed E-state index contributed by atoms with van der Waals surface area (Å²) in [6.07, 6.45) is 1.74. The molecule has 8 nitrogen and oxygen atoms in total. The molecule has 0 radical (unpaired) electrons. The Morgan fingerprint density at radius 2 is 1.88 bits per heavy atom. The molecule has 0 aliphatic rings. The number of nitro benzene ring substituents is 1. The number of carboxylic acid groups (broad SMARTS) is 1. The van der Waals surface area contributed by atoms with Crippen LogP contribution >= 0.6 is 0 Å². The molecule has 2 N–H and O–H groups in total. The van der Waals surface area contributed by atoms with Gasteiger partial charge in [0.1, 0.15) is 13.1 Å². The fourth-order valence-corrected chi connectivity index (χ4v) is 2.70. The third kappa shape index (κ3) is 3.69. The SMILES string of the molecule is O=C(O)CNC(=O)Cn1ccc2cc(-c3cccc([N+](=O)[O-])c3)ccc21. The van der Waals surface area contributed by atoms with Crippen LogP contribution in [0.1, 0.15) is 0 Å². The van der Waals surface area contributed by atoms with Crippen LogP contribution in [0.4, 0.5) is 5.69 Å². The van der Waals surface area contributed by atoms with Crippen molar-refractivity contribution in [2.75, 3.05) is 6.54 Å². The van der Waals surface area contributed by atoms with E-state index in [-0.39, 0.29) is 12.2 Å². The molecule has 0 saturated carbocycles. The van der Waals surface area contributed by atoms with E-state index in [9.17, 15) is 19.7 Å². The van der Waals surface area contributed by atoms with Crippen LogP contribution < -0.4 is 5.32 Å². The lowest BCUT2D eigenvalue weighted by Gasteiger charge is -2.07. The summed E-state index contributed by atoms with van der Waals surface area (Å²) in [6, 6.07) is 13.8. The highest BCUT2D eigenvalue weighted by atomic mass is 16.6. The van der Waals surface area contributed by atoms with Crippen molar-refractivity contribution < 1.29 is 19.6 Å². The standard InChI is InChI=1S/C18H15N3O5/c22-17(19-10-18(23)24)11-20-7-6-14-8-13(4-5-16(14)20)12-2-1-3-15(9-12)21(25)26/h1-9H,10-11H2,(H,19,22)(H,23,24). The predicted octanol–water partition coefficient (Wildman–Crippen LogP) is 2.42. The van der Waals surface area contributed by atoms with E-state index in [1.54, 1.807) is 22.9 Å². The highest BCUT2D eigenvalue weighted by Gasteiger charge is 2.10. The molecule has 1 amide bonds. The van der Waals surface area contributed by atoms with Gasteiger partial charge in [0.15, 0.2) is 0 Å². The van der Waals surface area contributed by atoms with E-state index in [4.69, 9.17) is 5.11 Å². The molecule has 0 aliphatic heterocycles. The number of hydrogen-bond donors (Lipinski definition) is 2. The summed E-state index contributed by atoms with van der Waals surface area (Å²) in [5, 5.41) is 22.7. The number of carbonyl (C=O) groups excluding carboxylic acids is 1. The second-order valence-electron chi connectivity index (χ2n) is 5.70. The Kier molecular flexibility index (Phi) is 4.66. The largest absolute Gasteiger partial charge is 0.480 e. The lowest BCUT2D eigenvalue weighted by atomic mass is 10.0. The zero-order chi connectivity index (χ0) is 18.7. The monoisotopic (exact) mass is 353 g/mol. The summed E-state index contributed by atoms with van der Waals surface area (Å²) in [5.74, 6) is -1.50. The van der Waals surface area contributed by atoms with Crippen molar-refractivity contribution in [1.29, 1.82) is 0 Å². The van der Waals surface area contributed by atoms with Crippen LogP contribution in [0, 0.1) is 10.1 Å². The number of aromatic nitrogens is 1. The molecule has 1 aromatic heterocycles. The van der Waals surface area contributed by atoms with Crippen LogP contribution in [0.25, 0.3) is 22.0 Å². The van der Waals surface area contributed by atoms with Gasteiger partial charge in [0.05, 0.1) is 4.92 Å². The number of nitrogens with zero attached hydrogens (tertiary/aromatic N) is 2. The Bertz CT molecular complexity index is 1010. The van der Waals surface area contributed by atoms with Crippen LogP contribution in [0.2, 0.25) is 0 Å². The van der Waals surface area contributed by atoms with Gasteiger partial charge in [-0.3, -0.25) is 19.7 Å². The summed E-state index contributed by atoms with van der Waals surface area (Å²) in [4.78, 5) is 32.8. The van der Waals surface area contributed by atoms with E-state index in [1.165, 1.54) is 12.1 Å². The van der Waals surface area contributed by atoms with E-state index in [1.807, 2.05) is 24.3 Å². The maximum atomic E-state index is 11.8. The fraction of sp³-hybridized carbons (Fsp3) is 0.111. The third-order valence-electron chi connectivity index (χ3n) is 3.91. The fourth-order valence-electron chi connectivity index (χ4n) is 2.70. The number of nitro groups is 1. The number of aliphatic carboxylic acids is 1. The van der Waals surface area contributed by atoms with Gasteiger partial charge in [0, 0.05) is 29.2 Å². The van der Waals surface area contributed by atoms with Crippen LogP contribution in [-0.4, -0.2) is 33.0 Å². The molecule has 1 heterocycles. The number of non-ortho nitro benzene ring substituents is 1.